The second-order valence-corrected chi connectivity index (χ2v) is 8.96. The van der Waals surface area contributed by atoms with Crippen LogP contribution in [0, 0.1) is 0 Å². The number of hydrogen-bond acceptors (Lipinski definition) is 5. The van der Waals surface area contributed by atoms with Gasteiger partial charge in [-0.05, 0) is 49.2 Å². The molecule has 38 heavy (non-hydrogen) atoms. The number of carbonyl (C=O) groups excluding carboxylic acids is 2. The summed E-state index contributed by atoms with van der Waals surface area (Å²) in [5, 5.41) is 12.7. The molecule has 0 aliphatic heterocycles. The monoisotopic (exact) mass is 550 g/mol. The van der Waals surface area contributed by atoms with Crippen LogP contribution in [-0.4, -0.2) is 33.2 Å². The number of nitrogens with zero attached hydrogens (tertiary/aromatic N) is 3. The number of rotatable bonds is 7. The molecule has 0 atom stereocenters. The molecule has 0 unspecified atom stereocenters. The van der Waals surface area contributed by atoms with Gasteiger partial charge in [0.15, 0.2) is 0 Å². The highest BCUT2D eigenvalue weighted by atomic mass is 35.5. The van der Waals surface area contributed by atoms with Crippen molar-refractivity contribution in [2.45, 2.75) is 20.4 Å². The molecule has 0 saturated heterocycles. The Kier molecular flexibility index (Phi) is 8.40. The maximum atomic E-state index is 12.9. The van der Waals surface area contributed by atoms with Gasteiger partial charge in [-0.1, -0.05) is 53.5 Å². The lowest BCUT2D eigenvalue weighted by Gasteiger charge is -2.13. The first-order chi connectivity index (χ1) is 18.3. The minimum absolute atomic E-state index is 0.0271. The molecule has 194 valence electrons. The number of carbonyl (C=O) groups is 2. The van der Waals surface area contributed by atoms with E-state index in [1.54, 1.807) is 13.0 Å². The third-order valence-corrected chi connectivity index (χ3v) is 6.14. The van der Waals surface area contributed by atoms with E-state index in [1.165, 1.54) is 23.1 Å². The van der Waals surface area contributed by atoms with Crippen LogP contribution in [0.5, 0.6) is 0 Å². The molecule has 0 radical (unpaired) electrons. The lowest BCUT2D eigenvalue weighted by molar-refractivity contribution is 0.0956. The van der Waals surface area contributed by atoms with Gasteiger partial charge in [0.25, 0.3) is 11.5 Å². The van der Waals surface area contributed by atoms with E-state index in [4.69, 9.17) is 23.2 Å². The quantitative estimate of drug-likeness (QED) is 0.273. The largest absolute Gasteiger partial charge is 0.352 e. The minimum atomic E-state index is -0.701. The van der Waals surface area contributed by atoms with E-state index in [2.05, 4.69) is 26.0 Å². The smallest absolute Gasteiger partial charge is 0.323 e. The van der Waals surface area contributed by atoms with E-state index in [0.717, 1.165) is 16.7 Å². The first-order valence-electron chi connectivity index (χ1n) is 11.8. The summed E-state index contributed by atoms with van der Waals surface area (Å²) in [4.78, 5) is 41.7. The van der Waals surface area contributed by atoms with Crippen molar-refractivity contribution in [2.24, 2.45) is 0 Å². The van der Waals surface area contributed by atoms with E-state index in [9.17, 15) is 14.4 Å². The second-order valence-electron chi connectivity index (χ2n) is 8.14. The Labute approximate surface area is 228 Å². The molecule has 0 aliphatic carbocycles. The number of anilines is 2. The summed E-state index contributed by atoms with van der Waals surface area (Å²) in [5.74, 6) is -0.148. The molecule has 2 aromatic carbocycles. The molecule has 9 nitrogen and oxygen atoms in total. The highest BCUT2D eigenvalue weighted by Crippen LogP contribution is 2.29. The van der Waals surface area contributed by atoms with Gasteiger partial charge >= 0.3 is 6.03 Å². The van der Waals surface area contributed by atoms with Crippen LogP contribution in [0.15, 0.2) is 71.8 Å². The number of aryl methyl sites for hydroxylation is 1. The van der Waals surface area contributed by atoms with Gasteiger partial charge in [-0.3, -0.25) is 14.6 Å². The molecular formula is C27H24Cl2N6O3. The maximum Gasteiger partial charge on any atom is 0.323 e. The zero-order valence-electron chi connectivity index (χ0n) is 20.6. The standard InChI is InChI=1S/C27H24Cl2N6O3/c1-3-31-25(36)19-10-6-8-17(12-19)16-7-5-9-18(11-16)22-13-23(26(37)35(4-2)34-22)32-27(38)33-24-20(28)14-30-15-21(24)29/h5-15H,3-4H2,1-2H3,(H,31,36)(H2,30,32,33,38). The van der Waals surface area contributed by atoms with Crippen LogP contribution in [0.1, 0.15) is 24.2 Å². The molecular weight excluding hydrogens is 527 g/mol. The van der Waals surface area contributed by atoms with Crippen LogP contribution >= 0.6 is 23.2 Å². The molecule has 0 bridgehead atoms. The number of urea groups is 1. The molecule has 4 rings (SSSR count). The van der Waals surface area contributed by atoms with Gasteiger partial charge < -0.3 is 16.0 Å². The minimum Gasteiger partial charge on any atom is -0.352 e. The SMILES string of the molecule is CCNC(=O)c1cccc(-c2cccc(-c3cc(NC(=O)Nc4c(Cl)cncc4Cl)c(=O)n(CC)n3)c2)c1. The van der Waals surface area contributed by atoms with Crippen molar-refractivity contribution in [3.8, 4) is 22.4 Å². The van der Waals surface area contributed by atoms with Crippen LogP contribution < -0.4 is 21.5 Å². The maximum absolute atomic E-state index is 12.9. The Hall–Kier alpha value is -4.21. The Balaban J connectivity index is 1.66. The molecule has 0 saturated carbocycles. The molecule has 0 spiro atoms. The van der Waals surface area contributed by atoms with Crippen molar-refractivity contribution in [1.82, 2.24) is 20.1 Å². The van der Waals surface area contributed by atoms with Gasteiger partial charge in [0.1, 0.15) is 5.69 Å². The van der Waals surface area contributed by atoms with Crippen molar-refractivity contribution >= 4 is 46.5 Å². The molecule has 0 fully saturated rings. The lowest BCUT2D eigenvalue weighted by atomic mass is 9.99. The van der Waals surface area contributed by atoms with E-state index in [-0.39, 0.29) is 27.3 Å². The van der Waals surface area contributed by atoms with E-state index in [1.807, 2.05) is 49.4 Å². The fourth-order valence-corrected chi connectivity index (χ4v) is 4.20. The number of hydrogen-bond donors (Lipinski definition) is 3. The second kappa shape index (κ2) is 11.9. The summed E-state index contributed by atoms with van der Waals surface area (Å²) >= 11 is 12.2. The molecule has 4 aromatic rings. The topological polar surface area (TPSA) is 118 Å². The summed E-state index contributed by atoms with van der Waals surface area (Å²) in [6, 6.07) is 15.7. The zero-order chi connectivity index (χ0) is 27.2. The molecule has 2 heterocycles. The Morgan fingerprint density at radius 2 is 1.55 bits per heavy atom. The highest BCUT2D eigenvalue weighted by Gasteiger charge is 2.15. The van der Waals surface area contributed by atoms with E-state index in [0.29, 0.717) is 24.3 Å². The number of amides is 3. The van der Waals surface area contributed by atoms with Crippen molar-refractivity contribution in [1.29, 1.82) is 0 Å². The van der Waals surface area contributed by atoms with Gasteiger partial charge in [-0.25, -0.2) is 9.48 Å². The number of halogens is 2. The van der Waals surface area contributed by atoms with E-state index >= 15 is 0 Å². The average molecular weight is 551 g/mol. The third kappa shape index (κ3) is 6.01. The Bertz CT molecular complexity index is 1550. The number of pyridine rings is 1. The third-order valence-electron chi connectivity index (χ3n) is 5.57. The summed E-state index contributed by atoms with van der Waals surface area (Å²) in [7, 11) is 0. The fraction of sp³-hybridized carbons (Fsp3) is 0.148. The Morgan fingerprint density at radius 3 is 2.24 bits per heavy atom. The molecule has 2 aromatic heterocycles. The number of nitrogens with one attached hydrogen (secondary N) is 3. The summed E-state index contributed by atoms with van der Waals surface area (Å²) < 4.78 is 1.26. The van der Waals surface area contributed by atoms with Crippen molar-refractivity contribution in [3.63, 3.8) is 0 Å². The van der Waals surface area contributed by atoms with Crippen molar-refractivity contribution in [3.05, 3.63) is 93.0 Å². The fourth-order valence-electron chi connectivity index (χ4n) is 3.75. The van der Waals surface area contributed by atoms with Gasteiger partial charge in [0.2, 0.25) is 0 Å². The predicted octanol–water partition coefficient (Wildman–Crippen LogP) is 5.69. The van der Waals surface area contributed by atoms with Crippen molar-refractivity contribution < 1.29 is 9.59 Å². The first-order valence-corrected chi connectivity index (χ1v) is 12.5. The Morgan fingerprint density at radius 1 is 0.895 bits per heavy atom. The molecule has 11 heteroatoms. The normalized spacial score (nSPS) is 10.6. The molecule has 3 amide bonds. The molecule has 3 N–H and O–H groups in total. The van der Waals surface area contributed by atoms with Crippen LogP contribution in [0.25, 0.3) is 22.4 Å². The van der Waals surface area contributed by atoms with Gasteiger partial charge in [-0.15, -0.1) is 0 Å². The van der Waals surface area contributed by atoms with Crippen molar-refractivity contribution in [2.75, 3.05) is 17.2 Å². The summed E-state index contributed by atoms with van der Waals surface area (Å²) in [5.41, 5.74) is 3.19. The highest BCUT2D eigenvalue weighted by molar-refractivity contribution is 6.39. The molecule has 0 aliphatic rings. The van der Waals surface area contributed by atoms with Crippen LogP contribution in [0.2, 0.25) is 10.0 Å². The van der Waals surface area contributed by atoms with Gasteiger partial charge in [-0.2, -0.15) is 5.10 Å². The van der Waals surface area contributed by atoms with Crippen LogP contribution in [-0.2, 0) is 6.54 Å². The summed E-state index contributed by atoms with van der Waals surface area (Å²) in [6.07, 6.45) is 2.69. The number of aromatic nitrogens is 3. The van der Waals surface area contributed by atoms with E-state index < -0.39 is 11.6 Å². The van der Waals surface area contributed by atoms with Gasteiger partial charge in [0, 0.05) is 36.6 Å². The lowest BCUT2D eigenvalue weighted by Crippen LogP contribution is -2.29. The number of benzene rings is 2. The van der Waals surface area contributed by atoms with Crippen LogP contribution in [0.4, 0.5) is 16.2 Å². The van der Waals surface area contributed by atoms with Gasteiger partial charge in [0.05, 0.1) is 21.4 Å². The van der Waals surface area contributed by atoms with Crippen LogP contribution in [0.3, 0.4) is 0 Å². The zero-order valence-corrected chi connectivity index (χ0v) is 22.1. The first kappa shape index (κ1) is 26.8. The average Bonchev–Trinajstić information content (AvgIpc) is 2.92. The summed E-state index contributed by atoms with van der Waals surface area (Å²) in [6.45, 7) is 4.47. The predicted molar refractivity (Wildman–Crippen MR) is 150 cm³/mol.